The second-order valence-electron chi connectivity index (χ2n) is 3.44. The van der Waals surface area contributed by atoms with E-state index in [9.17, 15) is 0 Å². The second kappa shape index (κ2) is 4.02. The van der Waals surface area contributed by atoms with Gasteiger partial charge in [-0.3, -0.25) is 0 Å². The highest BCUT2D eigenvalue weighted by atomic mass is 32.1. The molecule has 2 aromatic heterocycles. The van der Waals surface area contributed by atoms with E-state index in [0.717, 1.165) is 17.1 Å². The van der Waals surface area contributed by atoms with E-state index in [1.807, 2.05) is 29.3 Å². The van der Waals surface area contributed by atoms with E-state index in [4.69, 9.17) is 5.73 Å². The molecule has 4 nitrogen and oxygen atoms in total. The number of nitrogens with zero attached hydrogens (tertiary/aromatic N) is 3. The van der Waals surface area contributed by atoms with Gasteiger partial charge in [-0.1, -0.05) is 6.92 Å². The van der Waals surface area contributed by atoms with Crippen molar-refractivity contribution in [2.75, 3.05) is 5.73 Å². The minimum Gasteiger partial charge on any atom is -0.369 e. The summed E-state index contributed by atoms with van der Waals surface area (Å²) < 4.78 is 1.99. The standard InChI is InChI=1S/C10H14N4S/c1-3-8(9-12-4-5-15-9)14-6-7(2)13-10(14)11/h4-6,8H,3H2,1-2H3,(H2,11,13). The van der Waals surface area contributed by atoms with Crippen LogP contribution in [-0.2, 0) is 0 Å². The van der Waals surface area contributed by atoms with Crippen LogP contribution in [0.4, 0.5) is 5.95 Å². The first kappa shape index (κ1) is 10.2. The molecule has 0 aliphatic rings. The second-order valence-corrected chi connectivity index (χ2v) is 4.37. The van der Waals surface area contributed by atoms with Crippen molar-refractivity contribution >= 4 is 17.3 Å². The third-order valence-corrected chi connectivity index (χ3v) is 3.22. The zero-order valence-corrected chi connectivity index (χ0v) is 9.66. The summed E-state index contributed by atoms with van der Waals surface area (Å²) in [5, 5.41) is 3.07. The van der Waals surface area contributed by atoms with Crippen LogP contribution in [0.5, 0.6) is 0 Å². The Bertz CT molecular complexity index is 432. The Morgan fingerprint density at radius 3 is 2.87 bits per heavy atom. The van der Waals surface area contributed by atoms with E-state index >= 15 is 0 Å². The molecule has 15 heavy (non-hydrogen) atoms. The molecule has 5 heteroatoms. The van der Waals surface area contributed by atoms with Crippen LogP contribution in [0.1, 0.15) is 30.1 Å². The number of nitrogen functional groups attached to an aromatic ring is 1. The molecule has 0 spiro atoms. The van der Waals surface area contributed by atoms with E-state index in [1.165, 1.54) is 0 Å². The van der Waals surface area contributed by atoms with Gasteiger partial charge in [-0.2, -0.15) is 0 Å². The molecule has 2 heterocycles. The van der Waals surface area contributed by atoms with Crippen molar-refractivity contribution in [2.45, 2.75) is 26.3 Å². The molecule has 0 amide bonds. The van der Waals surface area contributed by atoms with Crippen LogP contribution in [-0.4, -0.2) is 14.5 Å². The van der Waals surface area contributed by atoms with Gasteiger partial charge in [-0.25, -0.2) is 9.97 Å². The maximum absolute atomic E-state index is 5.85. The van der Waals surface area contributed by atoms with Gasteiger partial charge in [-0.05, 0) is 13.3 Å². The average Bonchev–Trinajstić information content (AvgIpc) is 2.79. The summed E-state index contributed by atoms with van der Waals surface area (Å²) >= 11 is 1.65. The van der Waals surface area contributed by atoms with Gasteiger partial charge in [0, 0.05) is 17.8 Å². The van der Waals surface area contributed by atoms with Crippen LogP contribution >= 0.6 is 11.3 Å². The van der Waals surface area contributed by atoms with Gasteiger partial charge in [-0.15, -0.1) is 11.3 Å². The number of rotatable bonds is 3. The van der Waals surface area contributed by atoms with Crippen LogP contribution in [0, 0.1) is 6.92 Å². The Morgan fingerprint density at radius 1 is 1.60 bits per heavy atom. The van der Waals surface area contributed by atoms with Crippen molar-refractivity contribution in [3.05, 3.63) is 28.5 Å². The SMILES string of the molecule is CCC(c1nccs1)n1cc(C)nc1N. The Hall–Kier alpha value is -1.36. The van der Waals surface area contributed by atoms with E-state index in [0.29, 0.717) is 5.95 Å². The first-order valence-electron chi connectivity index (χ1n) is 4.92. The average molecular weight is 222 g/mol. The highest BCUT2D eigenvalue weighted by molar-refractivity contribution is 7.09. The molecule has 0 aliphatic carbocycles. The van der Waals surface area contributed by atoms with Gasteiger partial charge in [0.1, 0.15) is 5.01 Å². The van der Waals surface area contributed by atoms with Gasteiger partial charge < -0.3 is 10.3 Å². The normalized spacial score (nSPS) is 12.9. The zero-order chi connectivity index (χ0) is 10.8. The largest absolute Gasteiger partial charge is 0.369 e. The maximum atomic E-state index is 5.85. The summed E-state index contributed by atoms with van der Waals surface area (Å²) in [6.07, 6.45) is 4.76. The predicted molar refractivity (Wildman–Crippen MR) is 61.9 cm³/mol. The van der Waals surface area contributed by atoms with Crippen molar-refractivity contribution in [1.82, 2.24) is 14.5 Å². The minimum atomic E-state index is 0.214. The van der Waals surface area contributed by atoms with E-state index in [1.54, 1.807) is 11.3 Å². The molecule has 0 bridgehead atoms. The number of thiazole rings is 1. The molecule has 1 unspecified atom stereocenters. The topological polar surface area (TPSA) is 56.7 Å². The van der Waals surface area contributed by atoms with Crippen LogP contribution in [0.15, 0.2) is 17.8 Å². The number of nitrogens with two attached hydrogens (primary N) is 1. The van der Waals surface area contributed by atoms with Gasteiger partial charge in [0.2, 0.25) is 5.95 Å². The molecule has 0 saturated carbocycles. The lowest BCUT2D eigenvalue weighted by molar-refractivity contribution is 0.570. The highest BCUT2D eigenvalue weighted by Crippen LogP contribution is 2.26. The molecule has 2 N–H and O–H groups in total. The molecule has 2 rings (SSSR count). The summed E-state index contributed by atoms with van der Waals surface area (Å²) in [5.41, 5.74) is 6.80. The first-order chi connectivity index (χ1) is 7.22. The fourth-order valence-corrected chi connectivity index (χ4v) is 2.49. The first-order valence-corrected chi connectivity index (χ1v) is 5.80. The smallest absolute Gasteiger partial charge is 0.201 e. The fourth-order valence-electron chi connectivity index (χ4n) is 1.67. The van der Waals surface area contributed by atoms with Crippen molar-refractivity contribution in [3.8, 4) is 0 Å². The summed E-state index contributed by atoms with van der Waals surface area (Å²) in [4.78, 5) is 8.54. The Kier molecular flexibility index (Phi) is 2.73. The molecule has 0 aliphatic heterocycles. The molecule has 0 saturated heterocycles. The monoisotopic (exact) mass is 222 g/mol. The lowest BCUT2D eigenvalue weighted by atomic mass is 10.2. The van der Waals surface area contributed by atoms with Gasteiger partial charge >= 0.3 is 0 Å². The summed E-state index contributed by atoms with van der Waals surface area (Å²) in [6.45, 7) is 4.07. The predicted octanol–water partition coefficient (Wildman–Crippen LogP) is 2.23. The van der Waals surface area contributed by atoms with Crippen LogP contribution in [0.2, 0.25) is 0 Å². The maximum Gasteiger partial charge on any atom is 0.201 e. The number of aryl methyl sites for hydroxylation is 1. The molecular formula is C10H14N4S. The van der Waals surface area contributed by atoms with Crippen molar-refractivity contribution in [2.24, 2.45) is 0 Å². The quantitative estimate of drug-likeness (QED) is 0.866. The summed E-state index contributed by atoms with van der Waals surface area (Å²) in [5.74, 6) is 0.564. The van der Waals surface area contributed by atoms with Crippen LogP contribution in [0.25, 0.3) is 0 Å². The number of hydrogen-bond donors (Lipinski definition) is 1. The van der Waals surface area contributed by atoms with Crippen LogP contribution in [0.3, 0.4) is 0 Å². The Morgan fingerprint density at radius 2 is 2.40 bits per heavy atom. The summed E-state index contributed by atoms with van der Waals surface area (Å²) in [7, 11) is 0. The summed E-state index contributed by atoms with van der Waals surface area (Å²) in [6, 6.07) is 0.214. The Balaban J connectivity index is 2.39. The van der Waals surface area contributed by atoms with Gasteiger partial charge in [0.25, 0.3) is 0 Å². The molecule has 2 aromatic rings. The zero-order valence-electron chi connectivity index (χ0n) is 8.84. The highest BCUT2D eigenvalue weighted by Gasteiger charge is 2.16. The number of anilines is 1. The number of hydrogen-bond acceptors (Lipinski definition) is 4. The van der Waals surface area contributed by atoms with Crippen molar-refractivity contribution in [1.29, 1.82) is 0 Å². The molecule has 0 aromatic carbocycles. The molecule has 80 valence electrons. The van der Waals surface area contributed by atoms with Gasteiger partial charge in [0.15, 0.2) is 0 Å². The molecule has 1 atom stereocenters. The minimum absolute atomic E-state index is 0.214. The number of imidazole rings is 1. The lowest BCUT2D eigenvalue weighted by Gasteiger charge is -2.14. The van der Waals surface area contributed by atoms with Gasteiger partial charge in [0.05, 0.1) is 11.7 Å². The third-order valence-electron chi connectivity index (χ3n) is 2.34. The third kappa shape index (κ3) is 1.87. The lowest BCUT2D eigenvalue weighted by Crippen LogP contribution is -2.11. The van der Waals surface area contributed by atoms with E-state index in [-0.39, 0.29) is 6.04 Å². The van der Waals surface area contributed by atoms with E-state index in [2.05, 4.69) is 16.9 Å². The Labute approximate surface area is 92.8 Å². The molecule has 0 radical (unpaired) electrons. The van der Waals surface area contributed by atoms with E-state index < -0.39 is 0 Å². The van der Waals surface area contributed by atoms with Crippen molar-refractivity contribution in [3.63, 3.8) is 0 Å². The van der Waals surface area contributed by atoms with Crippen molar-refractivity contribution < 1.29 is 0 Å². The molecular weight excluding hydrogens is 208 g/mol. The molecule has 0 fully saturated rings. The fraction of sp³-hybridized carbons (Fsp3) is 0.400. The number of aromatic nitrogens is 3. The van der Waals surface area contributed by atoms with Crippen LogP contribution < -0.4 is 5.73 Å².